The summed E-state index contributed by atoms with van der Waals surface area (Å²) in [6.45, 7) is 1.60. The van der Waals surface area contributed by atoms with Crippen LogP contribution in [0.4, 0.5) is 5.82 Å². The van der Waals surface area contributed by atoms with Crippen LogP contribution in [0.25, 0.3) is 0 Å². The minimum absolute atomic E-state index is 0.0776. The van der Waals surface area contributed by atoms with Gasteiger partial charge in [0.2, 0.25) is 0 Å². The molecule has 0 spiro atoms. The molecule has 1 fully saturated rings. The molecule has 7 nitrogen and oxygen atoms in total. The Morgan fingerprint density at radius 2 is 2.09 bits per heavy atom. The van der Waals surface area contributed by atoms with Crippen molar-refractivity contribution in [3.8, 4) is 0 Å². The van der Waals surface area contributed by atoms with Crippen molar-refractivity contribution >= 4 is 31.6 Å². The third kappa shape index (κ3) is 2.52. The van der Waals surface area contributed by atoms with Gasteiger partial charge in [-0.1, -0.05) is 0 Å². The van der Waals surface area contributed by atoms with Gasteiger partial charge in [-0.05, 0) is 27.6 Å². The summed E-state index contributed by atoms with van der Waals surface area (Å²) in [7, 11) is -2.98. The van der Waals surface area contributed by atoms with E-state index in [0.29, 0.717) is 12.5 Å². The molecule has 2 aliphatic rings. The van der Waals surface area contributed by atoms with E-state index < -0.39 is 9.84 Å². The highest BCUT2D eigenvalue weighted by Crippen LogP contribution is 2.29. The first kappa shape index (κ1) is 14.1. The highest BCUT2D eigenvalue weighted by atomic mass is 79.9. The van der Waals surface area contributed by atoms with E-state index in [2.05, 4.69) is 36.1 Å². The van der Waals surface area contributed by atoms with Gasteiger partial charge in [0.15, 0.2) is 15.7 Å². The van der Waals surface area contributed by atoms with Gasteiger partial charge in [0.1, 0.15) is 0 Å². The Morgan fingerprint density at radius 3 is 2.82 bits per heavy atom. The van der Waals surface area contributed by atoms with Crippen LogP contribution in [0.15, 0.2) is 22.9 Å². The quantitative estimate of drug-likeness (QED) is 0.768. The molecule has 116 valence electrons. The van der Waals surface area contributed by atoms with E-state index in [1.807, 2.05) is 16.9 Å². The van der Waals surface area contributed by atoms with Gasteiger partial charge in [0.05, 0.1) is 33.9 Å². The minimum Gasteiger partial charge on any atom is -0.351 e. The molecule has 0 aliphatic carbocycles. The van der Waals surface area contributed by atoms with Crippen molar-refractivity contribution in [1.29, 1.82) is 0 Å². The van der Waals surface area contributed by atoms with Crippen LogP contribution >= 0.6 is 15.9 Å². The van der Waals surface area contributed by atoms with Crippen LogP contribution in [0.3, 0.4) is 0 Å². The second-order valence-electron chi connectivity index (χ2n) is 5.71. The first-order valence-electron chi connectivity index (χ1n) is 7.01. The summed E-state index contributed by atoms with van der Waals surface area (Å²) in [5.41, 5.74) is 1.60. The number of nitrogens with zero attached hydrogens (tertiary/aromatic N) is 5. The lowest BCUT2D eigenvalue weighted by molar-refractivity contribution is 0.365. The molecule has 0 atom stereocenters. The molecule has 4 rings (SSSR count). The molecule has 9 heteroatoms. The van der Waals surface area contributed by atoms with E-state index >= 15 is 0 Å². The zero-order chi connectivity index (χ0) is 15.3. The van der Waals surface area contributed by atoms with Gasteiger partial charge >= 0.3 is 0 Å². The summed E-state index contributed by atoms with van der Waals surface area (Å²) < 4.78 is 26.4. The van der Waals surface area contributed by atoms with E-state index in [4.69, 9.17) is 0 Å². The predicted molar refractivity (Wildman–Crippen MR) is 84.4 cm³/mol. The summed E-state index contributed by atoms with van der Waals surface area (Å²) in [5.74, 6) is 1.00. The number of fused-ring (bicyclic) bond motifs is 1. The summed E-state index contributed by atoms with van der Waals surface area (Å²) in [6.07, 6.45) is 4.19. The monoisotopic (exact) mass is 383 g/mol. The lowest BCUT2D eigenvalue weighted by atomic mass is 10.1. The largest absolute Gasteiger partial charge is 0.351 e. The number of aromatic nitrogens is 4. The number of hydrogen-bond donors (Lipinski definition) is 0. The number of anilines is 1. The molecule has 0 saturated carbocycles. The van der Waals surface area contributed by atoms with Crippen molar-refractivity contribution in [2.24, 2.45) is 0 Å². The number of sulfone groups is 1. The Labute approximate surface area is 136 Å². The Bertz CT molecular complexity index is 829. The average molecular weight is 384 g/mol. The Balaban J connectivity index is 1.51. The lowest BCUT2D eigenvalue weighted by Crippen LogP contribution is -2.48. The maximum absolute atomic E-state index is 11.7. The standard InChI is InChI=1S/C13H14BrN5O2S/c14-10-4-15-19(5-10)11-6-18(7-11)13-3-9-8-22(20,21)2-1-12(9)16-17-13/h3-5,11H,1-2,6-8H2. The summed E-state index contributed by atoms with van der Waals surface area (Å²) in [4.78, 5) is 2.09. The zero-order valence-corrected chi connectivity index (χ0v) is 14.1. The molecule has 0 aromatic carbocycles. The smallest absolute Gasteiger partial charge is 0.154 e. The third-order valence-corrected chi connectivity index (χ3v) is 6.09. The molecule has 0 N–H and O–H groups in total. The van der Waals surface area contributed by atoms with Crippen molar-refractivity contribution in [3.63, 3.8) is 0 Å². The summed E-state index contributed by atoms with van der Waals surface area (Å²) in [5, 5.41) is 12.7. The number of hydrogen-bond acceptors (Lipinski definition) is 6. The van der Waals surface area contributed by atoms with Crippen LogP contribution < -0.4 is 4.90 Å². The van der Waals surface area contributed by atoms with Crippen molar-refractivity contribution in [1.82, 2.24) is 20.0 Å². The van der Waals surface area contributed by atoms with Gasteiger partial charge in [-0.2, -0.15) is 10.2 Å². The molecule has 1 saturated heterocycles. The van der Waals surface area contributed by atoms with Crippen LogP contribution in [0.2, 0.25) is 0 Å². The summed E-state index contributed by atoms with van der Waals surface area (Å²) >= 11 is 3.39. The van der Waals surface area contributed by atoms with Gasteiger partial charge in [0, 0.05) is 25.7 Å². The number of aryl methyl sites for hydroxylation is 1. The fourth-order valence-corrected chi connectivity index (χ4v) is 4.49. The van der Waals surface area contributed by atoms with Crippen LogP contribution in [0, 0.1) is 0 Å². The van der Waals surface area contributed by atoms with E-state index in [1.54, 1.807) is 6.20 Å². The van der Waals surface area contributed by atoms with E-state index in [0.717, 1.165) is 34.6 Å². The van der Waals surface area contributed by atoms with Gasteiger partial charge in [0.25, 0.3) is 0 Å². The Kier molecular flexibility index (Phi) is 3.23. The fraction of sp³-hybridized carbons (Fsp3) is 0.462. The van der Waals surface area contributed by atoms with Crippen molar-refractivity contribution in [2.75, 3.05) is 23.7 Å². The Hall–Kier alpha value is -1.48. The van der Waals surface area contributed by atoms with E-state index in [-0.39, 0.29) is 11.5 Å². The van der Waals surface area contributed by atoms with Crippen molar-refractivity contribution in [2.45, 2.75) is 18.2 Å². The lowest BCUT2D eigenvalue weighted by Gasteiger charge is -2.40. The number of halogens is 1. The van der Waals surface area contributed by atoms with Crippen molar-refractivity contribution < 1.29 is 8.42 Å². The molecule has 0 amide bonds. The predicted octanol–water partition coefficient (Wildman–Crippen LogP) is 0.968. The first-order chi connectivity index (χ1) is 10.5. The van der Waals surface area contributed by atoms with Crippen LogP contribution in [0.5, 0.6) is 0 Å². The molecule has 0 radical (unpaired) electrons. The van der Waals surface area contributed by atoms with E-state index in [9.17, 15) is 8.42 Å². The molecule has 0 bridgehead atoms. The second kappa shape index (κ2) is 5.02. The number of rotatable bonds is 2. The van der Waals surface area contributed by atoms with Crippen molar-refractivity contribution in [3.05, 3.63) is 34.2 Å². The molecule has 22 heavy (non-hydrogen) atoms. The normalized spacial score (nSPS) is 20.5. The second-order valence-corrected chi connectivity index (χ2v) is 8.81. The molecule has 2 aromatic heterocycles. The molecule has 2 aliphatic heterocycles. The van der Waals surface area contributed by atoms with Gasteiger partial charge < -0.3 is 4.90 Å². The van der Waals surface area contributed by atoms with Crippen LogP contribution in [-0.2, 0) is 22.0 Å². The highest BCUT2D eigenvalue weighted by molar-refractivity contribution is 9.10. The maximum Gasteiger partial charge on any atom is 0.154 e. The zero-order valence-electron chi connectivity index (χ0n) is 11.7. The van der Waals surface area contributed by atoms with E-state index in [1.165, 1.54) is 0 Å². The highest BCUT2D eigenvalue weighted by Gasteiger charge is 2.31. The third-order valence-electron chi connectivity index (χ3n) is 4.10. The Morgan fingerprint density at radius 1 is 1.27 bits per heavy atom. The topological polar surface area (TPSA) is 81.0 Å². The van der Waals surface area contributed by atoms with Crippen LogP contribution in [-0.4, -0.2) is 47.2 Å². The minimum atomic E-state index is -2.98. The molecule has 2 aromatic rings. The molecular weight excluding hydrogens is 370 g/mol. The molecule has 4 heterocycles. The van der Waals surface area contributed by atoms with Gasteiger partial charge in [-0.25, -0.2) is 8.42 Å². The summed E-state index contributed by atoms with van der Waals surface area (Å²) in [6, 6.07) is 2.18. The maximum atomic E-state index is 11.7. The molecule has 0 unspecified atom stereocenters. The van der Waals surface area contributed by atoms with Gasteiger partial charge in [-0.15, -0.1) is 5.10 Å². The average Bonchev–Trinajstić information content (AvgIpc) is 2.82. The van der Waals surface area contributed by atoms with Crippen LogP contribution in [0.1, 0.15) is 17.3 Å². The molecular formula is C13H14BrN5O2S. The SMILES string of the molecule is O=S1(=O)CCc2nnc(N3CC(n4cc(Br)cn4)C3)cc2C1. The van der Waals surface area contributed by atoms with Gasteiger partial charge in [-0.3, -0.25) is 4.68 Å². The fourth-order valence-electron chi connectivity index (χ4n) is 2.82. The first-order valence-corrected chi connectivity index (χ1v) is 9.62.